The minimum absolute atomic E-state index is 0.0853. The van der Waals surface area contributed by atoms with Crippen molar-refractivity contribution in [2.24, 2.45) is 0 Å². The van der Waals surface area contributed by atoms with E-state index in [0.717, 1.165) is 18.4 Å². The van der Waals surface area contributed by atoms with Crippen LogP contribution >= 0.6 is 19.2 Å². The van der Waals surface area contributed by atoms with Crippen LogP contribution in [0.25, 0.3) is 5.52 Å². The second-order valence-corrected chi connectivity index (χ2v) is 9.97. The van der Waals surface area contributed by atoms with Gasteiger partial charge in [-0.05, 0) is 36.6 Å². The average molecular weight is 477 g/mol. The molecule has 1 aliphatic carbocycles. The van der Waals surface area contributed by atoms with Gasteiger partial charge >= 0.3 is 7.60 Å². The van der Waals surface area contributed by atoms with Crippen molar-refractivity contribution in [1.82, 2.24) is 14.6 Å². The molecule has 0 spiro atoms. The third-order valence-corrected chi connectivity index (χ3v) is 6.35. The Balaban J connectivity index is 1.46. The van der Waals surface area contributed by atoms with Gasteiger partial charge in [-0.2, -0.15) is 4.98 Å². The van der Waals surface area contributed by atoms with Gasteiger partial charge < -0.3 is 34.8 Å². The first-order valence-corrected chi connectivity index (χ1v) is 12.3. The number of aromatic nitrogens is 3. The fraction of sp³-hybridized carbons (Fsp3) is 0.667. The number of rotatable bonds is 8. The zero-order chi connectivity index (χ0) is 22.2. The molecule has 2 fully saturated rings. The first-order valence-electron chi connectivity index (χ1n) is 10.2. The van der Waals surface area contributed by atoms with Crippen molar-refractivity contribution in [3.8, 4) is 0 Å². The van der Waals surface area contributed by atoms with E-state index in [1.54, 1.807) is 4.52 Å². The molecule has 0 amide bonds. The smallest absolute Gasteiger partial charge is 0.350 e. The molecule has 11 nitrogen and oxygen atoms in total. The van der Waals surface area contributed by atoms with Gasteiger partial charge in [-0.1, -0.05) is 12.8 Å². The van der Waals surface area contributed by atoms with Crippen LogP contribution in [0.4, 0.5) is 5.82 Å². The Labute approximate surface area is 183 Å². The standard InChI is InChI=1S/C18H26ClN4O7P/c19-18-21-17(20-10-3-1-2-4-10)12-6-5-11(23(12)22-18)7-13-15(24)16(25)14(30-13)8-29-9-31(26,27)28/h5-6,10,13-16,24-25H,1-4,7-9H2,(H,20,21,22)(H2,26,27,28)/t13-,14+,15-,16+/m0/s1. The molecule has 5 N–H and O–H groups in total. The van der Waals surface area contributed by atoms with Crippen molar-refractivity contribution in [2.45, 2.75) is 62.6 Å². The number of aliphatic hydroxyl groups excluding tert-OH is 2. The molecule has 1 aliphatic heterocycles. The molecule has 1 saturated carbocycles. The van der Waals surface area contributed by atoms with Gasteiger partial charge in [-0.25, -0.2) is 4.52 Å². The average Bonchev–Trinajstić information content (AvgIpc) is 3.39. The van der Waals surface area contributed by atoms with Crippen LogP contribution in [-0.2, 0) is 20.5 Å². The van der Waals surface area contributed by atoms with E-state index in [0.29, 0.717) is 17.6 Å². The molecule has 0 unspecified atom stereocenters. The molecule has 2 aliphatic rings. The van der Waals surface area contributed by atoms with E-state index in [9.17, 15) is 14.8 Å². The first-order chi connectivity index (χ1) is 14.7. The molecule has 4 rings (SSSR count). The van der Waals surface area contributed by atoms with Crippen molar-refractivity contribution in [1.29, 1.82) is 0 Å². The number of hydrogen-bond donors (Lipinski definition) is 5. The van der Waals surface area contributed by atoms with Crippen LogP contribution in [0.15, 0.2) is 12.1 Å². The number of halogens is 1. The summed E-state index contributed by atoms with van der Waals surface area (Å²) in [5, 5.41) is 28.4. The monoisotopic (exact) mass is 476 g/mol. The second-order valence-electron chi connectivity index (χ2n) is 8.04. The Bertz CT molecular complexity index is 964. The Hall–Kier alpha value is -1.30. The SMILES string of the molecule is O=P(O)(O)COC[C@H]1O[C@@H](Cc2ccc3c(NC4CCCC4)nc(Cl)nn23)[C@H](O)[C@@H]1O. The van der Waals surface area contributed by atoms with Gasteiger partial charge in [0.25, 0.3) is 0 Å². The highest BCUT2D eigenvalue weighted by Crippen LogP contribution is 2.34. The predicted molar refractivity (Wildman–Crippen MR) is 111 cm³/mol. The topological polar surface area (TPSA) is 159 Å². The van der Waals surface area contributed by atoms with Crippen LogP contribution in [0.2, 0.25) is 5.28 Å². The van der Waals surface area contributed by atoms with E-state index in [-0.39, 0.29) is 18.3 Å². The minimum atomic E-state index is -4.33. The van der Waals surface area contributed by atoms with Crippen LogP contribution in [0, 0.1) is 0 Å². The van der Waals surface area contributed by atoms with E-state index >= 15 is 0 Å². The highest BCUT2D eigenvalue weighted by molar-refractivity contribution is 7.51. The first kappa shape index (κ1) is 22.9. The van der Waals surface area contributed by atoms with Gasteiger partial charge in [0, 0.05) is 18.2 Å². The van der Waals surface area contributed by atoms with Gasteiger partial charge in [-0.3, -0.25) is 4.57 Å². The second kappa shape index (κ2) is 9.29. The van der Waals surface area contributed by atoms with E-state index in [2.05, 4.69) is 15.4 Å². The van der Waals surface area contributed by atoms with E-state index in [1.165, 1.54) is 12.8 Å². The molecule has 2 aromatic heterocycles. The van der Waals surface area contributed by atoms with Gasteiger partial charge in [0.15, 0.2) is 5.82 Å². The number of nitrogens with zero attached hydrogens (tertiary/aromatic N) is 3. The number of aliphatic hydroxyl groups is 2. The predicted octanol–water partition coefficient (Wildman–Crippen LogP) is 0.921. The Kier molecular flexibility index (Phi) is 6.85. The van der Waals surface area contributed by atoms with Crippen LogP contribution < -0.4 is 5.32 Å². The van der Waals surface area contributed by atoms with Crippen molar-refractivity contribution in [3.05, 3.63) is 23.1 Å². The third-order valence-electron chi connectivity index (χ3n) is 5.67. The largest absolute Gasteiger partial charge is 0.388 e. The molecule has 2 aromatic rings. The highest BCUT2D eigenvalue weighted by Gasteiger charge is 2.43. The summed E-state index contributed by atoms with van der Waals surface area (Å²) in [7, 11) is -4.33. The summed E-state index contributed by atoms with van der Waals surface area (Å²) < 4.78 is 23.2. The number of ether oxygens (including phenoxy) is 2. The number of fused-ring (bicyclic) bond motifs is 1. The molecular weight excluding hydrogens is 451 g/mol. The summed E-state index contributed by atoms with van der Waals surface area (Å²) in [6.45, 7) is -0.252. The van der Waals surface area contributed by atoms with Crippen LogP contribution in [0.5, 0.6) is 0 Å². The quantitative estimate of drug-likeness (QED) is 0.347. The van der Waals surface area contributed by atoms with Gasteiger partial charge in [-0.15, -0.1) is 5.10 Å². The normalized spacial score (nSPS) is 27.4. The lowest BCUT2D eigenvalue weighted by atomic mass is 10.0. The fourth-order valence-corrected chi connectivity index (χ4v) is 4.68. The fourth-order valence-electron chi connectivity index (χ4n) is 4.17. The zero-order valence-corrected chi connectivity index (χ0v) is 18.3. The Morgan fingerprint density at radius 3 is 2.65 bits per heavy atom. The van der Waals surface area contributed by atoms with E-state index in [4.69, 9.17) is 30.9 Å². The lowest BCUT2D eigenvalue weighted by Gasteiger charge is -2.16. The Morgan fingerprint density at radius 1 is 1.23 bits per heavy atom. The summed E-state index contributed by atoms with van der Waals surface area (Å²) in [5.74, 6) is 0.648. The van der Waals surface area contributed by atoms with Gasteiger partial charge in [0.2, 0.25) is 5.28 Å². The van der Waals surface area contributed by atoms with Crippen molar-refractivity contribution < 1.29 is 34.0 Å². The minimum Gasteiger partial charge on any atom is -0.388 e. The summed E-state index contributed by atoms with van der Waals surface area (Å²) in [4.78, 5) is 22.1. The van der Waals surface area contributed by atoms with E-state index < -0.39 is 38.4 Å². The van der Waals surface area contributed by atoms with Crippen molar-refractivity contribution >= 4 is 30.5 Å². The maximum Gasteiger partial charge on any atom is 0.350 e. The van der Waals surface area contributed by atoms with Crippen molar-refractivity contribution in [2.75, 3.05) is 18.3 Å². The lowest BCUT2D eigenvalue weighted by molar-refractivity contribution is -0.0381. The Morgan fingerprint density at radius 2 is 1.94 bits per heavy atom. The summed E-state index contributed by atoms with van der Waals surface area (Å²) >= 11 is 6.14. The lowest BCUT2D eigenvalue weighted by Crippen LogP contribution is -2.35. The number of nitrogens with one attached hydrogen (secondary N) is 1. The molecule has 31 heavy (non-hydrogen) atoms. The third kappa shape index (κ3) is 5.37. The van der Waals surface area contributed by atoms with Gasteiger partial charge in [0.05, 0.1) is 12.7 Å². The molecule has 0 aromatic carbocycles. The molecule has 3 heterocycles. The molecule has 0 radical (unpaired) electrons. The number of hydrogen-bond acceptors (Lipinski definition) is 8. The molecule has 172 valence electrons. The molecular formula is C18H26ClN4O7P. The summed E-state index contributed by atoms with van der Waals surface area (Å²) in [6, 6.07) is 4.04. The molecule has 1 saturated heterocycles. The highest BCUT2D eigenvalue weighted by atomic mass is 35.5. The molecule has 13 heteroatoms. The van der Waals surface area contributed by atoms with E-state index in [1.807, 2.05) is 12.1 Å². The van der Waals surface area contributed by atoms with Gasteiger partial charge in [0.1, 0.15) is 30.2 Å². The summed E-state index contributed by atoms with van der Waals surface area (Å²) in [5.41, 5.74) is 1.46. The maximum absolute atomic E-state index is 10.9. The van der Waals surface area contributed by atoms with Crippen LogP contribution in [-0.4, -0.2) is 78.0 Å². The van der Waals surface area contributed by atoms with Crippen LogP contribution in [0.1, 0.15) is 31.4 Å². The zero-order valence-electron chi connectivity index (χ0n) is 16.7. The number of anilines is 1. The van der Waals surface area contributed by atoms with Crippen LogP contribution in [0.3, 0.4) is 0 Å². The molecule has 4 atom stereocenters. The maximum atomic E-state index is 10.9. The summed E-state index contributed by atoms with van der Waals surface area (Å²) in [6.07, 6.45) is -0.137. The molecule has 0 bridgehead atoms. The van der Waals surface area contributed by atoms with Crippen molar-refractivity contribution in [3.63, 3.8) is 0 Å².